The molecule has 1 aliphatic rings. The Labute approximate surface area is 135 Å². The Kier molecular flexibility index (Phi) is 4.44. The molecule has 0 saturated heterocycles. The van der Waals surface area contributed by atoms with Gasteiger partial charge in [0.05, 0.1) is 5.56 Å². The summed E-state index contributed by atoms with van der Waals surface area (Å²) >= 11 is 0. The van der Waals surface area contributed by atoms with Gasteiger partial charge in [-0.3, -0.25) is 0 Å². The highest BCUT2D eigenvalue weighted by Gasteiger charge is 2.32. The molecular formula is C19H20FNO2. The number of hydrogen-bond acceptors (Lipinski definition) is 2. The van der Waals surface area contributed by atoms with Gasteiger partial charge < -0.3 is 10.4 Å². The van der Waals surface area contributed by atoms with Gasteiger partial charge in [0.25, 0.3) is 0 Å². The molecule has 1 fully saturated rings. The van der Waals surface area contributed by atoms with E-state index in [0.717, 1.165) is 11.1 Å². The van der Waals surface area contributed by atoms with E-state index in [4.69, 9.17) is 5.11 Å². The highest BCUT2D eigenvalue weighted by Crippen LogP contribution is 2.41. The highest BCUT2D eigenvalue weighted by atomic mass is 19.1. The smallest absolute Gasteiger partial charge is 0.335 e. The van der Waals surface area contributed by atoms with E-state index in [2.05, 4.69) is 5.32 Å². The van der Waals surface area contributed by atoms with Crippen LogP contribution in [0, 0.1) is 18.7 Å². The second-order valence-electron chi connectivity index (χ2n) is 6.21. The molecule has 2 aromatic carbocycles. The largest absolute Gasteiger partial charge is 0.478 e. The molecule has 0 aliphatic heterocycles. The van der Waals surface area contributed by atoms with Gasteiger partial charge in [-0.2, -0.15) is 0 Å². The number of rotatable bonds is 6. The van der Waals surface area contributed by atoms with Crippen LogP contribution in [-0.4, -0.2) is 11.1 Å². The summed E-state index contributed by atoms with van der Waals surface area (Å²) in [6.45, 7) is 2.37. The van der Waals surface area contributed by atoms with Crippen LogP contribution in [0.2, 0.25) is 0 Å². The lowest BCUT2D eigenvalue weighted by molar-refractivity contribution is 0.0696. The number of halogens is 1. The molecule has 0 heterocycles. The van der Waals surface area contributed by atoms with Crippen LogP contribution >= 0.6 is 0 Å². The van der Waals surface area contributed by atoms with Crippen LogP contribution in [-0.2, 0) is 6.54 Å². The van der Waals surface area contributed by atoms with Crippen molar-refractivity contribution in [2.75, 3.05) is 0 Å². The minimum Gasteiger partial charge on any atom is -0.478 e. The fourth-order valence-corrected chi connectivity index (χ4v) is 2.89. The molecule has 2 N–H and O–H groups in total. The van der Waals surface area contributed by atoms with Crippen LogP contribution < -0.4 is 5.32 Å². The van der Waals surface area contributed by atoms with Crippen molar-refractivity contribution in [2.24, 2.45) is 5.92 Å². The normalized spacial score (nSPS) is 15.4. The van der Waals surface area contributed by atoms with Crippen LogP contribution in [0.3, 0.4) is 0 Å². The minimum atomic E-state index is -0.917. The van der Waals surface area contributed by atoms with Gasteiger partial charge in [0.1, 0.15) is 5.82 Å². The second-order valence-corrected chi connectivity index (χ2v) is 6.21. The lowest BCUT2D eigenvalue weighted by Gasteiger charge is -2.20. The lowest BCUT2D eigenvalue weighted by atomic mass is 9.99. The van der Waals surface area contributed by atoms with E-state index in [1.165, 1.54) is 18.9 Å². The molecule has 0 aromatic heterocycles. The van der Waals surface area contributed by atoms with Crippen LogP contribution in [0.4, 0.5) is 4.39 Å². The average molecular weight is 313 g/mol. The van der Waals surface area contributed by atoms with E-state index in [9.17, 15) is 9.18 Å². The van der Waals surface area contributed by atoms with Crippen LogP contribution in [0.5, 0.6) is 0 Å². The summed E-state index contributed by atoms with van der Waals surface area (Å²) < 4.78 is 13.5. The number of carboxylic acids is 1. The Balaban J connectivity index is 1.74. The molecule has 3 rings (SSSR count). The van der Waals surface area contributed by atoms with E-state index >= 15 is 0 Å². The van der Waals surface area contributed by atoms with Crippen LogP contribution in [0.15, 0.2) is 42.5 Å². The molecular weight excluding hydrogens is 293 g/mol. The van der Waals surface area contributed by atoms with Crippen molar-refractivity contribution in [3.8, 4) is 0 Å². The fourth-order valence-electron chi connectivity index (χ4n) is 2.89. The van der Waals surface area contributed by atoms with Gasteiger partial charge in [0, 0.05) is 12.6 Å². The number of hydrogen-bond donors (Lipinski definition) is 2. The molecule has 2 aromatic rings. The molecule has 0 spiro atoms. The summed E-state index contributed by atoms with van der Waals surface area (Å²) in [6.07, 6.45) is 2.34. The standard InChI is InChI=1S/C19H20FNO2/c1-12-9-15(7-8-17(12)20)18(14-5-6-14)21-11-13-3-2-4-16(10-13)19(22)23/h2-4,7-10,14,18,21H,5-6,11H2,1H3,(H,22,23). The summed E-state index contributed by atoms with van der Waals surface area (Å²) in [7, 11) is 0. The fraction of sp³-hybridized carbons (Fsp3) is 0.316. The first kappa shape index (κ1) is 15.7. The van der Waals surface area contributed by atoms with Crippen molar-refractivity contribution in [3.63, 3.8) is 0 Å². The number of nitrogens with one attached hydrogen (secondary N) is 1. The van der Waals surface area contributed by atoms with Gasteiger partial charge in [-0.05, 0) is 60.6 Å². The molecule has 0 bridgehead atoms. The van der Waals surface area contributed by atoms with Crippen LogP contribution in [0.25, 0.3) is 0 Å². The van der Waals surface area contributed by atoms with Gasteiger partial charge in [-0.1, -0.05) is 24.3 Å². The van der Waals surface area contributed by atoms with Crippen molar-refractivity contribution in [2.45, 2.75) is 32.4 Å². The van der Waals surface area contributed by atoms with Gasteiger partial charge >= 0.3 is 5.97 Å². The minimum absolute atomic E-state index is 0.183. The molecule has 120 valence electrons. The van der Waals surface area contributed by atoms with Gasteiger partial charge in [-0.25, -0.2) is 9.18 Å². The summed E-state index contributed by atoms with van der Waals surface area (Å²) in [5.74, 6) is -0.528. The third-order valence-corrected chi connectivity index (χ3v) is 4.33. The molecule has 4 heteroatoms. The van der Waals surface area contributed by atoms with Crippen LogP contribution in [0.1, 0.15) is 45.9 Å². The molecule has 23 heavy (non-hydrogen) atoms. The predicted molar refractivity (Wildman–Crippen MR) is 86.8 cm³/mol. The number of aryl methyl sites for hydroxylation is 1. The Morgan fingerprint density at radius 2 is 2.09 bits per heavy atom. The van der Waals surface area contributed by atoms with E-state index < -0.39 is 5.97 Å². The Morgan fingerprint density at radius 3 is 2.74 bits per heavy atom. The van der Waals surface area contributed by atoms with E-state index in [1.54, 1.807) is 25.1 Å². The zero-order valence-corrected chi connectivity index (χ0v) is 13.1. The second kappa shape index (κ2) is 6.50. The summed E-state index contributed by atoms with van der Waals surface area (Å²) in [6, 6.07) is 12.4. The van der Waals surface area contributed by atoms with E-state index in [1.807, 2.05) is 18.2 Å². The maximum atomic E-state index is 13.5. The SMILES string of the molecule is Cc1cc(C(NCc2cccc(C(=O)O)c2)C2CC2)ccc1F. The number of aromatic carboxylic acids is 1. The highest BCUT2D eigenvalue weighted by molar-refractivity contribution is 5.87. The Morgan fingerprint density at radius 1 is 1.30 bits per heavy atom. The van der Waals surface area contributed by atoms with Crippen molar-refractivity contribution in [1.82, 2.24) is 5.32 Å². The van der Waals surface area contributed by atoms with Crippen molar-refractivity contribution < 1.29 is 14.3 Å². The van der Waals surface area contributed by atoms with Gasteiger partial charge in [0.15, 0.2) is 0 Å². The Bertz CT molecular complexity index is 725. The molecule has 1 saturated carbocycles. The van der Waals surface area contributed by atoms with Gasteiger partial charge in [0.2, 0.25) is 0 Å². The summed E-state index contributed by atoms with van der Waals surface area (Å²) in [5, 5.41) is 12.6. The van der Waals surface area contributed by atoms with Crippen molar-refractivity contribution in [1.29, 1.82) is 0 Å². The molecule has 1 atom stereocenters. The van der Waals surface area contributed by atoms with E-state index in [0.29, 0.717) is 23.6 Å². The monoisotopic (exact) mass is 313 g/mol. The average Bonchev–Trinajstić information content (AvgIpc) is 3.36. The molecule has 0 amide bonds. The third kappa shape index (κ3) is 3.77. The zero-order chi connectivity index (χ0) is 16.4. The maximum absolute atomic E-state index is 13.5. The Hall–Kier alpha value is -2.20. The molecule has 1 unspecified atom stereocenters. The quantitative estimate of drug-likeness (QED) is 0.845. The number of carboxylic acid groups (broad SMARTS) is 1. The molecule has 1 aliphatic carbocycles. The van der Waals surface area contributed by atoms with Crippen molar-refractivity contribution in [3.05, 3.63) is 70.5 Å². The topological polar surface area (TPSA) is 49.3 Å². The summed E-state index contributed by atoms with van der Waals surface area (Å²) in [5.41, 5.74) is 2.99. The first-order chi connectivity index (χ1) is 11.0. The number of benzene rings is 2. The maximum Gasteiger partial charge on any atom is 0.335 e. The van der Waals surface area contributed by atoms with Gasteiger partial charge in [-0.15, -0.1) is 0 Å². The third-order valence-electron chi connectivity index (χ3n) is 4.33. The van der Waals surface area contributed by atoms with Crippen molar-refractivity contribution >= 4 is 5.97 Å². The molecule has 0 radical (unpaired) electrons. The predicted octanol–water partition coefficient (Wildman–Crippen LogP) is 4.07. The summed E-state index contributed by atoms with van der Waals surface area (Å²) in [4.78, 5) is 11.0. The zero-order valence-electron chi connectivity index (χ0n) is 13.1. The number of carbonyl (C=O) groups is 1. The lowest BCUT2D eigenvalue weighted by Crippen LogP contribution is -2.23. The first-order valence-corrected chi connectivity index (χ1v) is 7.86. The van der Waals surface area contributed by atoms with E-state index in [-0.39, 0.29) is 11.9 Å². The first-order valence-electron chi connectivity index (χ1n) is 7.86. The molecule has 3 nitrogen and oxygen atoms in total.